The lowest BCUT2D eigenvalue weighted by Gasteiger charge is -2.26. The van der Waals surface area contributed by atoms with E-state index in [9.17, 15) is 4.39 Å². The molecule has 0 heterocycles. The summed E-state index contributed by atoms with van der Waals surface area (Å²) in [4.78, 5) is 0. The summed E-state index contributed by atoms with van der Waals surface area (Å²) in [5.41, 5.74) is 0.939. The van der Waals surface area contributed by atoms with Gasteiger partial charge in [-0.15, -0.1) is 0 Å². The first-order valence-electron chi connectivity index (χ1n) is 7.08. The third-order valence-corrected chi connectivity index (χ3v) is 3.49. The van der Waals surface area contributed by atoms with Crippen LogP contribution in [0.25, 0.3) is 0 Å². The number of benzene rings is 1. The molecule has 1 fully saturated rings. The van der Waals surface area contributed by atoms with Crippen LogP contribution in [0, 0.1) is 5.82 Å². The normalized spacial score (nSPS) is 15.9. The highest BCUT2D eigenvalue weighted by Gasteiger charge is 2.27. The molecule has 1 saturated carbocycles. The number of ether oxygens (including phenoxy) is 1. The van der Waals surface area contributed by atoms with E-state index in [4.69, 9.17) is 4.74 Å². The molecule has 0 amide bonds. The van der Waals surface area contributed by atoms with Crippen molar-refractivity contribution in [3.05, 3.63) is 29.6 Å². The Morgan fingerprint density at radius 2 is 2.05 bits per heavy atom. The van der Waals surface area contributed by atoms with Crippen molar-refractivity contribution in [2.75, 3.05) is 6.54 Å². The van der Waals surface area contributed by atoms with Crippen LogP contribution >= 0.6 is 0 Å². The molecule has 1 aromatic carbocycles. The van der Waals surface area contributed by atoms with Crippen molar-refractivity contribution in [1.29, 1.82) is 0 Å². The summed E-state index contributed by atoms with van der Waals surface area (Å²) in [6, 6.07) is 5.98. The first-order chi connectivity index (χ1) is 8.88. The van der Waals surface area contributed by atoms with E-state index in [1.54, 1.807) is 12.1 Å². The van der Waals surface area contributed by atoms with Crippen LogP contribution in [0.1, 0.15) is 46.1 Å². The van der Waals surface area contributed by atoms with E-state index in [-0.39, 0.29) is 17.3 Å². The summed E-state index contributed by atoms with van der Waals surface area (Å²) in [7, 11) is 0. The van der Waals surface area contributed by atoms with E-state index >= 15 is 0 Å². The van der Waals surface area contributed by atoms with Crippen LogP contribution in [0.15, 0.2) is 18.2 Å². The molecule has 0 aromatic heterocycles. The van der Waals surface area contributed by atoms with Gasteiger partial charge in [-0.2, -0.15) is 0 Å². The van der Waals surface area contributed by atoms with Gasteiger partial charge in [-0.3, -0.25) is 0 Å². The summed E-state index contributed by atoms with van der Waals surface area (Å²) in [5, 5.41) is 3.51. The second-order valence-corrected chi connectivity index (χ2v) is 6.35. The summed E-state index contributed by atoms with van der Waals surface area (Å²) in [6.07, 6.45) is 2.53. The zero-order valence-corrected chi connectivity index (χ0v) is 12.3. The molecular formula is C16H24FNO. The van der Waals surface area contributed by atoms with E-state index in [2.05, 4.69) is 19.2 Å². The van der Waals surface area contributed by atoms with Crippen molar-refractivity contribution < 1.29 is 9.13 Å². The first kappa shape index (κ1) is 14.3. The Balaban J connectivity index is 2.08. The molecule has 2 rings (SSSR count). The largest absolute Gasteiger partial charge is 0.488 e. The third kappa shape index (κ3) is 3.93. The molecule has 106 valence electrons. The van der Waals surface area contributed by atoms with Crippen molar-refractivity contribution in [1.82, 2.24) is 5.32 Å². The lowest BCUT2D eigenvalue weighted by atomic mass is 9.84. The molecule has 0 bridgehead atoms. The highest BCUT2D eigenvalue weighted by Crippen LogP contribution is 2.29. The van der Waals surface area contributed by atoms with Gasteiger partial charge in [0.05, 0.1) is 6.10 Å². The van der Waals surface area contributed by atoms with Gasteiger partial charge in [-0.05, 0) is 44.4 Å². The summed E-state index contributed by atoms with van der Waals surface area (Å²) >= 11 is 0. The van der Waals surface area contributed by atoms with E-state index in [1.165, 1.54) is 12.8 Å². The average molecular weight is 265 g/mol. The Morgan fingerprint density at radius 1 is 1.37 bits per heavy atom. The Hall–Kier alpha value is -1.09. The van der Waals surface area contributed by atoms with Crippen LogP contribution < -0.4 is 10.1 Å². The Labute approximate surface area is 115 Å². The number of hydrogen-bond acceptors (Lipinski definition) is 2. The van der Waals surface area contributed by atoms with Gasteiger partial charge >= 0.3 is 0 Å². The number of nitrogens with one attached hydrogen (secondary N) is 1. The minimum absolute atomic E-state index is 0.00936. The van der Waals surface area contributed by atoms with E-state index in [1.807, 2.05) is 19.9 Å². The maximum atomic E-state index is 14.0. The summed E-state index contributed by atoms with van der Waals surface area (Å²) < 4.78 is 19.4. The molecule has 0 saturated heterocycles. The van der Waals surface area contributed by atoms with E-state index in [0.29, 0.717) is 11.8 Å². The molecule has 1 N–H and O–H groups in total. The van der Waals surface area contributed by atoms with Crippen LogP contribution in [0.3, 0.4) is 0 Å². The van der Waals surface area contributed by atoms with Crippen LogP contribution in [0.5, 0.6) is 5.75 Å². The maximum absolute atomic E-state index is 14.0. The predicted molar refractivity (Wildman–Crippen MR) is 76.2 cm³/mol. The molecule has 0 spiro atoms. The number of hydrogen-bond donors (Lipinski definition) is 1. The molecule has 0 radical (unpaired) electrons. The molecule has 1 aliphatic carbocycles. The highest BCUT2D eigenvalue weighted by atomic mass is 19.1. The molecule has 19 heavy (non-hydrogen) atoms. The molecule has 3 heteroatoms. The monoisotopic (exact) mass is 265 g/mol. The SMILES string of the molecule is CC(C)Oc1ccc(C(C)(C)CNC2CC2)cc1F. The van der Waals surface area contributed by atoms with E-state index < -0.39 is 0 Å². The molecule has 0 atom stereocenters. The van der Waals surface area contributed by atoms with Gasteiger partial charge < -0.3 is 10.1 Å². The molecule has 2 nitrogen and oxygen atoms in total. The van der Waals surface area contributed by atoms with Gasteiger partial charge in [0.25, 0.3) is 0 Å². The third-order valence-electron chi connectivity index (χ3n) is 3.49. The highest BCUT2D eigenvalue weighted by molar-refractivity contribution is 5.33. The Kier molecular flexibility index (Phi) is 4.14. The average Bonchev–Trinajstić information content (AvgIpc) is 3.12. The van der Waals surface area contributed by atoms with Crippen molar-refractivity contribution in [3.8, 4) is 5.75 Å². The second kappa shape index (κ2) is 5.49. The van der Waals surface area contributed by atoms with Crippen molar-refractivity contribution in [2.24, 2.45) is 0 Å². The summed E-state index contributed by atoms with van der Waals surface area (Å²) in [6.45, 7) is 8.95. The minimum atomic E-state index is -0.273. The molecule has 0 aliphatic heterocycles. The molecular weight excluding hydrogens is 241 g/mol. The molecule has 1 aliphatic rings. The van der Waals surface area contributed by atoms with Crippen molar-refractivity contribution in [3.63, 3.8) is 0 Å². The first-order valence-corrected chi connectivity index (χ1v) is 7.08. The van der Waals surface area contributed by atoms with E-state index in [0.717, 1.165) is 12.1 Å². The van der Waals surface area contributed by atoms with Crippen LogP contribution in [0.2, 0.25) is 0 Å². The number of rotatable bonds is 6. The van der Waals surface area contributed by atoms with Gasteiger partial charge in [-0.25, -0.2) is 4.39 Å². The standard InChI is InChI=1S/C16H24FNO/c1-11(2)19-15-8-5-12(9-14(15)17)16(3,4)10-18-13-6-7-13/h5,8-9,11,13,18H,6-7,10H2,1-4H3. The van der Waals surface area contributed by atoms with Crippen LogP contribution in [-0.4, -0.2) is 18.7 Å². The minimum Gasteiger partial charge on any atom is -0.488 e. The quantitative estimate of drug-likeness (QED) is 0.848. The molecule has 0 unspecified atom stereocenters. The van der Waals surface area contributed by atoms with Crippen LogP contribution in [-0.2, 0) is 5.41 Å². The van der Waals surface area contributed by atoms with Crippen LogP contribution in [0.4, 0.5) is 4.39 Å². The summed E-state index contributed by atoms with van der Waals surface area (Å²) in [5.74, 6) is 0.0652. The topological polar surface area (TPSA) is 21.3 Å². The zero-order valence-electron chi connectivity index (χ0n) is 12.3. The van der Waals surface area contributed by atoms with Gasteiger partial charge in [0.2, 0.25) is 0 Å². The van der Waals surface area contributed by atoms with Crippen molar-refractivity contribution >= 4 is 0 Å². The van der Waals surface area contributed by atoms with Gasteiger partial charge in [-0.1, -0.05) is 19.9 Å². The predicted octanol–water partition coefficient (Wildman–Crippen LogP) is 3.64. The lowest BCUT2D eigenvalue weighted by molar-refractivity contribution is 0.231. The second-order valence-electron chi connectivity index (χ2n) is 6.35. The lowest BCUT2D eigenvalue weighted by Crippen LogP contribution is -2.34. The fourth-order valence-electron chi connectivity index (χ4n) is 2.06. The Morgan fingerprint density at radius 3 is 2.58 bits per heavy atom. The maximum Gasteiger partial charge on any atom is 0.165 e. The Bertz CT molecular complexity index is 438. The number of halogens is 1. The molecule has 1 aromatic rings. The van der Waals surface area contributed by atoms with Gasteiger partial charge in [0, 0.05) is 18.0 Å². The smallest absolute Gasteiger partial charge is 0.165 e. The van der Waals surface area contributed by atoms with Gasteiger partial charge in [0.15, 0.2) is 11.6 Å². The zero-order chi connectivity index (χ0) is 14.0. The fourth-order valence-corrected chi connectivity index (χ4v) is 2.06. The fraction of sp³-hybridized carbons (Fsp3) is 0.625. The van der Waals surface area contributed by atoms with Crippen molar-refractivity contribution in [2.45, 2.75) is 58.1 Å². The van der Waals surface area contributed by atoms with Gasteiger partial charge in [0.1, 0.15) is 0 Å².